The number of rotatable bonds is 2. The van der Waals surface area contributed by atoms with Crippen molar-refractivity contribution in [3.63, 3.8) is 0 Å². The van der Waals surface area contributed by atoms with Gasteiger partial charge in [0.1, 0.15) is 0 Å². The molecule has 1 aromatic carbocycles. The Kier molecular flexibility index (Phi) is 4.23. The molecule has 1 atom stereocenters. The standard InChI is InChI=1S/C21H24N4O/c1-14-6-7-20-17(9-14)10-19(16(3)23-20)21(26)24-8-4-5-18(13-24)25-12-15(2)11-22-25/h6-7,9-12,18H,4-5,8,13H2,1-3H3/t18-/m1/s1. The molecule has 1 aliphatic rings. The molecular weight excluding hydrogens is 324 g/mol. The highest BCUT2D eigenvalue weighted by molar-refractivity contribution is 5.98. The Morgan fingerprint density at radius 2 is 2.00 bits per heavy atom. The van der Waals surface area contributed by atoms with Gasteiger partial charge in [0, 0.05) is 24.7 Å². The topological polar surface area (TPSA) is 51.0 Å². The number of likely N-dealkylation sites (tertiary alicyclic amines) is 1. The number of carbonyl (C=O) groups is 1. The Morgan fingerprint density at radius 1 is 1.15 bits per heavy atom. The summed E-state index contributed by atoms with van der Waals surface area (Å²) in [6, 6.07) is 8.40. The summed E-state index contributed by atoms with van der Waals surface area (Å²) in [4.78, 5) is 19.8. The van der Waals surface area contributed by atoms with E-state index in [1.807, 2.05) is 41.8 Å². The molecule has 0 saturated carbocycles. The molecule has 3 heterocycles. The van der Waals surface area contributed by atoms with Crippen LogP contribution < -0.4 is 0 Å². The Bertz CT molecular complexity index is 975. The van der Waals surface area contributed by atoms with E-state index in [-0.39, 0.29) is 11.9 Å². The third kappa shape index (κ3) is 3.09. The van der Waals surface area contributed by atoms with Crippen molar-refractivity contribution in [2.75, 3.05) is 13.1 Å². The van der Waals surface area contributed by atoms with Crippen LogP contribution in [-0.4, -0.2) is 38.7 Å². The zero-order valence-corrected chi connectivity index (χ0v) is 15.6. The first-order valence-electron chi connectivity index (χ1n) is 9.19. The maximum Gasteiger partial charge on any atom is 0.255 e. The SMILES string of the molecule is Cc1ccc2nc(C)c(C(=O)N3CCC[C@@H](n4cc(C)cn4)C3)cc2c1. The van der Waals surface area contributed by atoms with Gasteiger partial charge in [-0.1, -0.05) is 11.6 Å². The lowest BCUT2D eigenvalue weighted by Gasteiger charge is -2.33. The second kappa shape index (κ2) is 6.56. The van der Waals surface area contributed by atoms with Crippen molar-refractivity contribution in [1.29, 1.82) is 0 Å². The molecule has 1 saturated heterocycles. The van der Waals surface area contributed by atoms with Crippen LogP contribution in [0.2, 0.25) is 0 Å². The van der Waals surface area contributed by atoms with Crippen LogP contribution in [-0.2, 0) is 0 Å². The maximum absolute atomic E-state index is 13.2. The number of amides is 1. The summed E-state index contributed by atoms with van der Waals surface area (Å²) in [6.07, 6.45) is 5.98. The largest absolute Gasteiger partial charge is 0.336 e. The minimum absolute atomic E-state index is 0.0759. The number of pyridine rings is 1. The molecule has 3 aromatic rings. The van der Waals surface area contributed by atoms with Crippen molar-refractivity contribution >= 4 is 16.8 Å². The van der Waals surface area contributed by atoms with Gasteiger partial charge in [0.05, 0.1) is 29.0 Å². The highest BCUT2D eigenvalue weighted by Gasteiger charge is 2.27. The fourth-order valence-electron chi connectivity index (χ4n) is 3.77. The Labute approximate surface area is 153 Å². The molecule has 2 aromatic heterocycles. The molecule has 0 N–H and O–H groups in total. The zero-order valence-electron chi connectivity index (χ0n) is 15.6. The Hall–Kier alpha value is -2.69. The normalized spacial score (nSPS) is 17.7. The Balaban J connectivity index is 1.62. The fraction of sp³-hybridized carbons (Fsp3) is 0.381. The summed E-state index contributed by atoms with van der Waals surface area (Å²) in [5.41, 5.74) is 4.77. The van der Waals surface area contributed by atoms with E-state index in [4.69, 9.17) is 0 Å². The average Bonchev–Trinajstić information content (AvgIpc) is 3.07. The van der Waals surface area contributed by atoms with Crippen LogP contribution in [0, 0.1) is 20.8 Å². The monoisotopic (exact) mass is 348 g/mol. The third-order valence-corrected chi connectivity index (χ3v) is 5.18. The molecule has 5 nitrogen and oxygen atoms in total. The molecular formula is C21H24N4O. The molecule has 1 fully saturated rings. The van der Waals surface area contributed by atoms with Gasteiger partial charge in [0.15, 0.2) is 0 Å². The van der Waals surface area contributed by atoms with E-state index >= 15 is 0 Å². The van der Waals surface area contributed by atoms with Gasteiger partial charge in [-0.3, -0.25) is 14.5 Å². The lowest BCUT2D eigenvalue weighted by molar-refractivity contribution is 0.0672. The van der Waals surface area contributed by atoms with Crippen LogP contribution in [0.3, 0.4) is 0 Å². The van der Waals surface area contributed by atoms with Gasteiger partial charge in [0.25, 0.3) is 5.91 Å². The molecule has 0 aliphatic carbocycles. The second-order valence-corrected chi connectivity index (χ2v) is 7.36. The van der Waals surface area contributed by atoms with Crippen molar-refractivity contribution in [2.45, 2.75) is 39.7 Å². The van der Waals surface area contributed by atoms with E-state index < -0.39 is 0 Å². The first kappa shape index (κ1) is 16.8. The van der Waals surface area contributed by atoms with E-state index in [0.717, 1.165) is 41.5 Å². The summed E-state index contributed by atoms with van der Waals surface area (Å²) in [5.74, 6) is 0.0759. The highest BCUT2D eigenvalue weighted by Crippen LogP contribution is 2.25. The summed E-state index contributed by atoms with van der Waals surface area (Å²) >= 11 is 0. The van der Waals surface area contributed by atoms with Crippen molar-refractivity contribution in [3.8, 4) is 0 Å². The van der Waals surface area contributed by atoms with Crippen LogP contribution in [0.25, 0.3) is 10.9 Å². The van der Waals surface area contributed by atoms with E-state index in [9.17, 15) is 4.79 Å². The minimum atomic E-state index is 0.0759. The van der Waals surface area contributed by atoms with Crippen LogP contribution >= 0.6 is 0 Å². The number of nitrogens with zero attached hydrogens (tertiary/aromatic N) is 4. The molecule has 26 heavy (non-hydrogen) atoms. The number of piperidine rings is 1. The van der Waals surface area contributed by atoms with Crippen molar-refractivity contribution < 1.29 is 4.79 Å². The lowest BCUT2D eigenvalue weighted by atomic mass is 10.0. The first-order valence-corrected chi connectivity index (χ1v) is 9.19. The molecule has 5 heteroatoms. The van der Waals surface area contributed by atoms with Crippen molar-refractivity contribution in [3.05, 3.63) is 59.0 Å². The Morgan fingerprint density at radius 3 is 2.77 bits per heavy atom. The van der Waals surface area contributed by atoms with Gasteiger partial charge in [-0.15, -0.1) is 0 Å². The summed E-state index contributed by atoms with van der Waals surface area (Å²) in [7, 11) is 0. The van der Waals surface area contributed by atoms with Crippen LogP contribution in [0.4, 0.5) is 0 Å². The van der Waals surface area contributed by atoms with E-state index in [0.29, 0.717) is 12.1 Å². The number of hydrogen-bond acceptors (Lipinski definition) is 3. The smallest absolute Gasteiger partial charge is 0.255 e. The molecule has 4 rings (SSSR count). The summed E-state index contributed by atoms with van der Waals surface area (Å²) in [5, 5.41) is 5.46. The predicted molar refractivity (Wildman–Crippen MR) is 102 cm³/mol. The van der Waals surface area contributed by atoms with Crippen LogP contribution in [0.15, 0.2) is 36.7 Å². The van der Waals surface area contributed by atoms with Gasteiger partial charge in [-0.2, -0.15) is 5.10 Å². The first-order chi connectivity index (χ1) is 12.5. The maximum atomic E-state index is 13.2. The molecule has 1 amide bonds. The van der Waals surface area contributed by atoms with Gasteiger partial charge >= 0.3 is 0 Å². The van der Waals surface area contributed by atoms with Gasteiger partial charge in [-0.25, -0.2) is 0 Å². The van der Waals surface area contributed by atoms with E-state index in [1.54, 1.807) is 0 Å². The van der Waals surface area contributed by atoms with Crippen LogP contribution in [0.1, 0.15) is 46.1 Å². The third-order valence-electron chi connectivity index (χ3n) is 5.18. The van der Waals surface area contributed by atoms with E-state index in [1.165, 1.54) is 5.56 Å². The van der Waals surface area contributed by atoms with Gasteiger partial charge in [0.2, 0.25) is 0 Å². The summed E-state index contributed by atoms with van der Waals surface area (Å²) in [6.45, 7) is 7.51. The van der Waals surface area contributed by atoms with Gasteiger partial charge < -0.3 is 4.90 Å². The van der Waals surface area contributed by atoms with Crippen molar-refractivity contribution in [1.82, 2.24) is 19.7 Å². The number of carbonyl (C=O) groups excluding carboxylic acids is 1. The second-order valence-electron chi connectivity index (χ2n) is 7.36. The molecule has 0 spiro atoms. The molecule has 0 unspecified atom stereocenters. The molecule has 1 aliphatic heterocycles. The van der Waals surface area contributed by atoms with Crippen molar-refractivity contribution in [2.24, 2.45) is 0 Å². The predicted octanol–water partition coefficient (Wildman–Crippen LogP) is 3.83. The number of hydrogen-bond donors (Lipinski definition) is 0. The lowest BCUT2D eigenvalue weighted by Crippen LogP contribution is -2.41. The van der Waals surface area contributed by atoms with Gasteiger partial charge in [-0.05, 0) is 57.4 Å². The average molecular weight is 348 g/mol. The molecule has 0 bridgehead atoms. The number of fused-ring (bicyclic) bond motifs is 1. The zero-order chi connectivity index (χ0) is 18.3. The quantitative estimate of drug-likeness (QED) is 0.707. The fourth-order valence-corrected chi connectivity index (χ4v) is 3.77. The highest BCUT2D eigenvalue weighted by atomic mass is 16.2. The summed E-state index contributed by atoms with van der Waals surface area (Å²) < 4.78 is 2.00. The molecule has 0 radical (unpaired) electrons. The number of aromatic nitrogens is 3. The molecule has 134 valence electrons. The minimum Gasteiger partial charge on any atom is -0.336 e. The number of benzene rings is 1. The van der Waals surface area contributed by atoms with Crippen LogP contribution in [0.5, 0.6) is 0 Å². The van der Waals surface area contributed by atoms with E-state index in [2.05, 4.69) is 35.3 Å². The number of aryl methyl sites for hydroxylation is 3.